The first kappa shape index (κ1) is 12.1. The van der Waals surface area contributed by atoms with E-state index in [1.165, 1.54) is 6.92 Å². The lowest BCUT2D eigenvalue weighted by atomic mass is 9.95. The normalized spacial score (nSPS) is 17.5. The van der Waals surface area contributed by atoms with E-state index in [0.717, 1.165) is 6.42 Å². The van der Waals surface area contributed by atoms with E-state index in [-0.39, 0.29) is 6.04 Å². The lowest BCUT2D eigenvalue weighted by Crippen LogP contribution is -2.44. The van der Waals surface area contributed by atoms with Gasteiger partial charge in [0.25, 0.3) is 0 Å². The third-order valence-corrected chi connectivity index (χ3v) is 2.02. The largest absolute Gasteiger partial charge is 0.480 e. The van der Waals surface area contributed by atoms with Gasteiger partial charge in [-0.3, -0.25) is 4.79 Å². The quantitative estimate of drug-likeness (QED) is 0.526. The number of hydrogen-bond donors (Lipinski definition) is 3. The summed E-state index contributed by atoms with van der Waals surface area (Å²) in [5.74, 6) is -0.973. The van der Waals surface area contributed by atoms with Crippen molar-refractivity contribution in [2.24, 2.45) is 11.5 Å². The highest BCUT2D eigenvalue weighted by Gasteiger charge is 2.26. The van der Waals surface area contributed by atoms with Gasteiger partial charge in [0.2, 0.25) is 0 Å². The zero-order chi connectivity index (χ0) is 10.5. The van der Waals surface area contributed by atoms with Gasteiger partial charge >= 0.3 is 5.97 Å². The SMILES string of the molecule is C=CC(N)CCC[C@](C)(N)C(=O)O. The van der Waals surface area contributed by atoms with Crippen LogP contribution in [-0.2, 0) is 4.79 Å². The Bertz CT molecular complexity index is 190. The molecule has 0 aromatic carbocycles. The summed E-state index contributed by atoms with van der Waals surface area (Å²) in [6.45, 7) is 5.05. The Hall–Kier alpha value is -0.870. The second-order valence-corrected chi connectivity index (χ2v) is 3.51. The van der Waals surface area contributed by atoms with Crippen molar-refractivity contribution in [2.75, 3.05) is 0 Å². The molecule has 0 bridgehead atoms. The number of hydrogen-bond acceptors (Lipinski definition) is 3. The molecule has 0 saturated carbocycles. The topological polar surface area (TPSA) is 89.3 Å². The van der Waals surface area contributed by atoms with Crippen LogP contribution in [0.15, 0.2) is 12.7 Å². The van der Waals surface area contributed by atoms with E-state index in [0.29, 0.717) is 12.8 Å². The number of aliphatic carboxylic acids is 1. The number of carbonyl (C=O) groups is 1. The Morgan fingerprint density at radius 1 is 1.77 bits per heavy atom. The zero-order valence-electron chi connectivity index (χ0n) is 7.99. The Balaban J connectivity index is 3.76. The Morgan fingerprint density at radius 3 is 2.69 bits per heavy atom. The molecule has 2 atom stereocenters. The van der Waals surface area contributed by atoms with Gasteiger partial charge < -0.3 is 16.6 Å². The zero-order valence-corrected chi connectivity index (χ0v) is 7.99. The molecular weight excluding hydrogens is 168 g/mol. The molecule has 0 spiro atoms. The third-order valence-electron chi connectivity index (χ3n) is 2.02. The maximum atomic E-state index is 10.6. The van der Waals surface area contributed by atoms with Crippen LogP contribution < -0.4 is 11.5 Å². The molecule has 0 heterocycles. The minimum absolute atomic E-state index is 0.0652. The molecule has 0 rings (SSSR count). The van der Waals surface area contributed by atoms with Crippen LogP contribution in [0.3, 0.4) is 0 Å². The number of carboxylic acid groups (broad SMARTS) is 1. The lowest BCUT2D eigenvalue weighted by molar-refractivity contribution is -0.142. The van der Waals surface area contributed by atoms with E-state index < -0.39 is 11.5 Å². The summed E-state index contributed by atoms with van der Waals surface area (Å²) >= 11 is 0. The van der Waals surface area contributed by atoms with Crippen LogP contribution in [0.25, 0.3) is 0 Å². The second-order valence-electron chi connectivity index (χ2n) is 3.51. The maximum absolute atomic E-state index is 10.6. The first-order valence-corrected chi connectivity index (χ1v) is 4.30. The molecule has 0 aromatic heterocycles. The van der Waals surface area contributed by atoms with Crippen molar-refractivity contribution in [3.05, 3.63) is 12.7 Å². The van der Waals surface area contributed by atoms with Crippen molar-refractivity contribution in [1.29, 1.82) is 0 Å². The van der Waals surface area contributed by atoms with Crippen molar-refractivity contribution in [2.45, 2.75) is 37.8 Å². The summed E-state index contributed by atoms with van der Waals surface area (Å²) < 4.78 is 0. The molecule has 0 aliphatic carbocycles. The molecule has 4 nitrogen and oxygen atoms in total. The highest BCUT2D eigenvalue weighted by Crippen LogP contribution is 2.11. The van der Waals surface area contributed by atoms with Crippen LogP contribution in [0, 0.1) is 0 Å². The van der Waals surface area contributed by atoms with Crippen molar-refractivity contribution >= 4 is 5.97 Å². The average Bonchev–Trinajstić information content (AvgIpc) is 2.03. The van der Waals surface area contributed by atoms with E-state index in [1.807, 2.05) is 0 Å². The molecule has 1 unspecified atom stereocenters. The average molecular weight is 186 g/mol. The van der Waals surface area contributed by atoms with Crippen LogP contribution in [0.1, 0.15) is 26.2 Å². The molecule has 0 radical (unpaired) electrons. The molecule has 0 fully saturated rings. The first-order chi connectivity index (χ1) is 5.90. The molecular formula is C9H18N2O2. The van der Waals surface area contributed by atoms with E-state index in [9.17, 15) is 4.79 Å². The van der Waals surface area contributed by atoms with Crippen LogP contribution >= 0.6 is 0 Å². The molecule has 13 heavy (non-hydrogen) atoms. The van der Waals surface area contributed by atoms with Gasteiger partial charge in [-0.05, 0) is 26.2 Å². The highest BCUT2D eigenvalue weighted by atomic mass is 16.4. The van der Waals surface area contributed by atoms with Crippen molar-refractivity contribution in [3.8, 4) is 0 Å². The molecule has 4 heteroatoms. The Kier molecular flexibility index (Phi) is 4.66. The van der Waals surface area contributed by atoms with Gasteiger partial charge in [-0.1, -0.05) is 6.08 Å². The summed E-state index contributed by atoms with van der Waals surface area (Å²) in [6, 6.07) is -0.0652. The minimum Gasteiger partial charge on any atom is -0.480 e. The molecule has 0 amide bonds. The molecule has 0 aromatic rings. The van der Waals surface area contributed by atoms with Crippen LogP contribution in [0.4, 0.5) is 0 Å². The predicted molar refractivity (Wildman–Crippen MR) is 52.3 cm³/mol. The molecule has 0 saturated heterocycles. The van der Waals surface area contributed by atoms with Crippen LogP contribution in [0.5, 0.6) is 0 Å². The van der Waals surface area contributed by atoms with Crippen molar-refractivity contribution < 1.29 is 9.90 Å². The van der Waals surface area contributed by atoms with Gasteiger partial charge in [0.15, 0.2) is 0 Å². The fraction of sp³-hybridized carbons (Fsp3) is 0.667. The summed E-state index contributed by atoms with van der Waals surface area (Å²) in [4.78, 5) is 10.6. The van der Waals surface area contributed by atoms with Crippen molar-refractivity contribution in [3.63, 3.8) is 0 Å². The molecule has 0 aliphatic heterocycles. The molecule has 0 aliphatic rings. The maximum Gasteiger partial charge on any atom is 0.323 e. The summed E-state index contributed by atoms with van der Waals surface area (Å²) in [6.07, 6.45) is 3.51. The van der Waals surface area contributed by atoms with Gasteiger partial charge in [-0.25, -0.2) is 0 Å². The summed E-state index contributed by atoms with van der Waals surface area (Å²) in [5.41, 5.74) is 9.96. The van der Waals surface area contributed by atoms with Gasteiger partial charge in [0.05, 0.1) is 0 Å². The smallest absolute Gasteiger partial charge is 0.323 e. The fourth-order valence-corrected chi connectivity index (χ4v) is 0.930. The van der Waals surface area contributed by atoms with Gasteiger partial charge in [0, 0.05) is 6.04 Å². The predicted octanol–water partition coefficient (Wildman–Crippen LogP) is 0.472. The van der Waals surface area contributed by atoms with E-state index in [4.69, 9.17) is 16.6 Å². The minimum atomic E-state index is -1.14. The molecule has 5 N–H and O–H groups in total. The van der Waals surface area contributed by atoms with E-state index in [1.54, 1.807) is 6.08 Å². The number of rotatable bonds is 6. The van der Waals surface area contributed by atoms with Gasteiger partial charge in [-0.2, -0.15) is 0 Å². The van der Waals surface area contributed by atoms with Crippen LogP contribution in [0.2, 0.25) is 0 Å². The standard InChI is InChI=1S/C9H18N2O2/c1-3-7(10)5-4-6-9(2,11)8(12)13/h3,7H,1,4-6,10-11H2,2H3,(H,12,13)/t7?,9-/m0/s1. The number of nitrogens with two attached hydrogens (primary N) is 2. The van der Waals surface area contributed by atoms with E-state index >= 15 is 0 Å². The van der Waals surface area contributed by atoms with Crippen molar-refractivity contribution in [1.82, 2.24) is 0 Å². The fourth-order valence-electron chi connectivity index (χ4n) is 0.930. The Morgan fingerprint density at radius 2 is 2.31 bits per heavy atom. The van der Waals surface area contributed by atoms with Gasteiger partial charge in [0.1, 0.15) is 5.54 Å². The van der Waals surface area contributed by atoms with Gasteiger partial charge in [-0.15, -0.1) is 6.58 Å². The third kappa shape index (κ3) is 4.65. The summed E-state index contributed by atoms with van der Waals surface area (Å²) in [7, 11) is 0. The number of carboxylic acids is 1. The first-order valence-electron chi connectivity index (χ1n) is 4.30. The lowest BCUT2D eigenvalue weighted by Gasteiger charge is -2.19. The second kappa shape index (κ2) is 4.99. The summed E-state index contributed by atoms with van der Waals surface area (Å²) in [5, 5.41) is 8.69. The monoisotopic (exact) mass is 186 g/mol. The Labute approximate surface area is 78.6 Å². The van der Waals surface area contributed by atoms with E-state index in [2.05, 4.69) is 6.58 Å². The molecule has 76 valence electrons. The van der Waals surface area contributed by atoms with Crippen LogP contribution in [-0.4, -0.2) is 22.7 Å². The highest BCUT2D eigenvalue weighted by molar-refractivity contribution is 5.77.